The second-order valence-corrected chi connectivity index (χ2v) is 6.09. The summed E-state index contributed by atoms with van der Waals surface area (Å²) in [5.74, 6) is 0.0188. The van der Waals surface area contributed by atoms with Crippen molar-refractivity contribution in [1.82, 2.24) is 4.90 Å². The first kappa shape index (κ1) is 16.7. The van der Waals surface area contributed by atoms with E-state index in [1.165, 1.54) is 0 Å². The number of likely N-dealkylation sites (N-methyl/N-ethyl adjacent to an activating group) is 1. The summed E-state index contributed by atoms with van der Waals surface area (Å²) in [6.07, 6.45) is 0. The third-order valence-electron chi connectivity index (χ3n) is 3.32. The summed E-state index contributed by atoms with van der Waals surface area (Å²) in [6.45, 7) is 11.0. The van der Waals surface area contributed by atoms with E-state index in [1.807, 2.05) is 31.2 Å². The van der Waals surface area contributed by atoms with Crippen molar-refractivity contribution in [2.75, 3.05) is 31.5 Å². The van der Waals surface area contributed by atoms with Gasteiger partial charge >= 0.3 is 0 Å². The fourth-order valence-electron chi connectivity index (χ4n) is 2.08. The smallest absolute Gasteiger partial charge is 0.238 e. The molecule has 0 radical (unpaired) electrons. The van der Waals surface area contributed by atoms with E-state index in [0.717, 1.165) is 24.3 Å². The molecule has 0 unspecified atom stereocenters. The molecule has 4 nitrogen and oxygen atoms in total. The minimum atomic E-state index is 0.0188. The van der Waals surface area contributed by atoms with Crippen LogP contribution in [0.1, 0.15) is 26.3 Å². The summed E-state index contributed by atoms with van der Waals surface area (Å²) < 4.78 is 0. The van der Waals surface area contributed by atoms with Crippen LogP contribution in [0.15, 0.2) is 24.3 Å². The van der Waals surface area contributed by atoms with E-state index >= 15 is 0 Å². The van der Waals surface area contributed by atoms with Gasteiger partial charge < -0.3 is 11.1 Å². The molecule has 0 spiro atoms. The Labute approximate surface area is 122 Å². The number of aryl methyl sites for hydroxylation is 1. The number of nitrogens with one attached hydrogen (secondary N) is 1. The second kappa shape index (κ2) is 7.41. The molecule has 0 aliphatic carbocycles. The minimum absolute atomic E-state index is 0.0188. The number of amides is 1. The number of benzene rings is 1. The van der Waals surface area contributed by atoms with E-state index in [0.29, 0.717) is 13.1 Å². The summed E-state index contributed by atoms with van der Waals surface area (Å²) >= 11 is 0. The van der Waals surface area contributed by atoms with Crippen molar-refractivity contribution in [1.29, 1.82) is 0 Å². The molecular weight excluding hydrogens is 250 g/mol. The van der Waals surface area contributed by atoms with E-state index in [4.69, 9.17) is 5.73 Å². The number of nitrogens with two attached hydrogens (primary N) is 1. The van der Waals surface area contributed by atoms with Gasteiger partial charge in [-0.1, -0.05) is 32.9 Å². The topological polar surface area (TPSA) is 58.4 Å². The van der Waals surface area contributed by atoms with Gasteiger partial charge in [-0.3, -0.25) is 9.69 Å². The van der Waals surface area contributed by atoms with Crippen LogP contribution in [0.25, 0.3) is 0 Å². The molecule has 112 valence electrons. The van der Waals surface area contributed by atoms with Crippen molar-refractivity contribution >= 4 is 11.6 Å². The van der Waals surface area contributed by atoms with Crippen molar-refractivity contribution in [3.8, 4) is 0 Å². The van der Waals surface area contributed by atoms with Crippen LogP contribution in [0, 0.1) is 12.3 Å². The maximum atomic E-state index is 12.1. The lowest BCUT2D eigenvalue weighted by Gasteiger charge is -2.30. The molecule has 0 aromatic heterocycles. The fraction of sp³-hybridized carbons (Fsp3) is 0.562. The Kier molecular flexibility index (Phi) is 6.17. The summed E-state index contributed by atoms with van der Waals surface area (Å²) in [5, 5.41) is 2.94. The third-order valence-corrected chi connectivity index (χ3v) is 3.32. The van der Waals surface area contributed by atoms with Crippen LogP contribution in [-0.4, -0.2) is 37.0 Å². The van der Waals surface area contributed by atoms with Gasteiger partial charge in [-0.2, -0.15) is 0 Å². The number of carbonyl (C=O) groups excluding carboxylic acids is 1. The quantitative estimate of drug-likeness (QED) is 0.803. The predicted molar refractivity (Wildman–Crippen MR) is 84.8 cm³/mol. The van der Waals surface area contributed by atoms with Gasteiger partial charge in [0.25, 0.3) is 0 Å². The SMILES string of the molecule is CCN(CC(=O)Nc1cccc(C)c1)CC(C)(C)CN. The van der Waals surface area contributed by atoms with Gasteiger partial charge in [0, 0.05) is 12.2 Å². The molecule has 0 bridgehead atoms. The molecule has 0 aliphatic rings. The van der Waals surface area contributed by atoms with Crippen LogP contribution < -0.4 is 11.1 Å². The zero-order valence-corrected chi connectivity index (χ0v) is 13.1. The van der Waals surface area contributed by atoms with Gasteiger partial charge in [-0.05, 0) is 43.1 Å². The average molecular weight is 277 g/mol. The molecule has 3 N–H and O–H groups in total. The maximum absolute atomic E-state index is 12.1. The van der Waals surface area contributed by atoms with E-state index in [2.05, 4.69) is 31.0 Å². The van der Waals surface area contributed by atoms with Crippen molar-refractivity contribution in [2.24, 2.45) is 11.1 Å². The molecule has 0 saturated heterocycles. The molecule has 0 fully saturated rings. The number of carbonyl (C=O) groups is 1. The third kappa shape index (κ3) is 5.72. The van der Waals surface area contributed by atoms with Gasteiger partial charge in [0.05, 0.1) is 6.54 Å². The Bertz CT molecular complexity index is 443. The van der Waals surface area contributed by atoms with Crippen molar-refractivity contribution in [3.63, 3.8) is 0 Å². The van der Waals surface area contributed by atoms with E-state index in [1.54, 1.807) is 0 Å². The summed E-state index contributed by atoms with van der Waals surface area (Å²) in [4.78, 5) is 14.2. The molecule has 0 saturated carbocycles. The molecule has 0 atom stereocenters. The largest absolute Gasteiger partial charge is 0.330 e. The highest BCUT2D eigenvalue weighted by molar-refractivity contribution is 5.92. The van der Waals surface area contributed by atoms with Gasteiger partial charge in [0.2, 0.25) is 5.91 Å². The Morgan fingerprint density at radius 3 is 2.65 bits per heavy atom. The number of hydrogen-bond donors (Lipinski definition) is 2. The van der Waals surface area contributed by atoms with Crippen LogP contribution >= 0.6 is 0 Å². The molecular formula is C16H27N3O. The molecule has 4 heteroatoms. The Morgan fingerprint density at radius 2 is 2.10 bits per heavy atom. The van der Waals surface area contributed by atoms with E-state index in [9.17, 15) is 4.79 Å². The molecule has 0 heterocycles. The maximum Gasteiger partial charge on any atom is 0.238 e. The van der Waals surface area contributed by atoms with Gasteiger partial charge in [0.1, 0.15) is 0 Å². The normalized spacial score (nSPS) is 11.7. The number of hydrogen-bond acceptors (Lipinski definition) is 3. The van der Waals surface area contributed by atoms with Crippen molar-refractivity contribution < 1.29 is 4.79 Å². The van der Waals surface area contributed by atoms with Crippen LogP contribution in [-0.2, 0) is 4.79 Å². The van der Waals surface area contributed by atoms with Crippen LogP contribution in [0.4, 0.5) is 5.69 Å². The number of nitrogens with zero attached hydrogens (tertiary/aromatic N) is 1. The molecule has 20 heavy (non-hydrogen) atoms. The molecule has 1 aromatic carbocycles. The monoisotopic (exact) mass is 277 g/mol. The van der Waals surface area contributed by atoms with Crippen LogP contribution in [0.2, 0.25) is 0 Å². The summed E-state index contributed by atoms with van der Waals surface area (Å²) in [5.41, 5.74) is 7.77. The van der Waals surface area contributed by atoms with Crippen molar-refractivity contribution in [2.45, 2.75) is 27.7 Å². The van der Waals surface area contributed by atoms with Crippen LogP contribution in [0.5, 0.6) is 0 Å². The predicted octanol–water partition coefficient (Wildman–Crippen LogP) is 2.24. The zero-order chi connectivity index (χ0) is 15.2. The highest BCUT2D eigenvalue weighted by Crippen LogP contribution is 2.15. The summed E-state index contributed by atoms with van der Waals surface area (Å²) in [6, 6.07) is 7.83. The lowest BCUT2D eigenvalue weighted by Crippen LogP contribution is -2.42. The summed E-state index contributed by atoms with van der Waals surface area (Å²) in [7, 11) is 0. The lowest BCUT2D eigenvalue weighted by molar-refractivity contribution is -0.117. The first-order chi connectivity index (χ1) is 9.36. The Hall–Kier alpha value is -1.39. The van der Waals surface area contributed by atoms with Crippen LogP contribution in [0.3, 0.4) is 0 Å². The Morgan fingerprint density at radius 1 is 1.40 bits per heavy atom. The molecule has 1 aromatic rings. The molecule has 1 amide bonds. The standard InChI is InChI=1S/C16H27N3O/c1-5-19(12-16(3,4)11-17)10-15(20)18-14-8-6-7-13(2)9-14/h6-9H,5,10-12,17H2,1-4H3,(H,18,20). The first-order valence-electron chi connectivity index (χ1n) is 7.15. The van der Waals surface area contributed by atoms with Crippen molar-refractivity contribution in [3.05, 3.63) is 29.8 Å². The highest BCUT2D eigenvalue weighted by Gasteiger charge is 2.20. The number of anilines is 1. The second-order valence-electron chi connectivity index (χ2n) is 6.09. The zero-order valence-electron chi connectivity index (χ0n) is 13.1. The Balaban J connectivity index is 2.55. The average Bonchev–Trinajstić information content (AvgIpc) is 2.37. The minimum Gasteiger partial charge on any atom is -0.330 e. The first-order valence-corrected chi connectivity index (χ1v) is 7.15. The van der Waals surface area contributed by atoms with Gasteiger partial charge in [-0.25, -0.2) is 0 Å². The van der Waals surface area contributed by atoms with E-state index < -0.39 is 0 Å². The van der Waals surface area contributed by atoms with Gasteiger partial charge in [0.15, 0.2) is 0 Å². The molecule has 0 aliphatic heterocycles. The van der Waals surface area contributed by atoms with Gasteiger partial charge in [-0.15, -0.1) is 0 Å². The highest BCUT2D eigenvalue weighted by atomic mass is 16.2. The number of rotatable bonds is 7. The molecule has 1 rings (SSSR count). The lowest BCUT2D eigenvalue weighted by atomic mass is 9.93. The van der Waals surface area contributed by atoms with E-state index in [-0.39, 0.29) is 11.3 Å². The fourth-order valence-corrected chi connectivity index (χ4v) is 2.08.